The van der Waals surface area contributed by atoms with Gasteiger partial charge in [0.15, 0.2) is 0 Å². The van der Waals surface area contributed by atoms with Gasteiger partial charge in [0.1, 0.15) is 0 Å². The summed E-state index contributed by atoms with van der Waals surface area (Å²) in [6.07, 6.45) is 8.30. The van der Waals surface area contributed by atoms with Crippen LogP contribution in [0.1, 0.15) is 11.1 Å². The monoisotopic (exact) mass is 336 g/mol. The van der Waals surface area contributed by atoms with Crippen LogP contribution in [0.25, 0.3) is 17.0 Å². The largest absolute Gasteiger partial charge is 0.361 e. The molecule has 0 aliphatic rings. The molecule has 0 saturated carbocycles. The summed E-state index contributed by atoms with van der Waals surface area (Å²) in [7, 11) is 0. The predicted molar refractivity (Wildman–Crippen MR) is 102 cm³/mol. The maximum absolute atomic E-state index is 11.9. The predicted octanol–water partition coefficient (Wildman–Crippen LogP) is 4.26. The van der Waals surface area contributed by atoms with Crippen molar-refractivity contribution in [2.45, 2.75) is 11.3 Å². The Bertz CT molecular complexity index is 849. The van der Waals surface area contributed by atoms with Gasteiger partial charge in [-0.3, -0.25) is 4.79 Å². The summed E-state index contributed by atoms with van der Waals surface area (Å²) in [6, 6.07) is 16.3. The number of nitrogens with one attached hydrogen (secondary N) is 2. The normalized spacial score (nSPS) is 11.2. The summed E-state index contributed by atoms with van der Waals surface area (Å²) >= 11 is 1.71. The fourth-order valence-electron chi connectivity index (χ4n) is 2.60. The smallest absolute Gasteiger partial charge is 0.244 e. The number of amides is 1. The number of fused-ring (bicyclic) bond motifs is 1. The van der Waals surface area contributed by atoms with Gasteiger partial charge in [0.2, 0.25) is 5.91 Å². The van der Waals surface area contributed by atoms with Crippen LogP contribution in [-0.2, 0) is 11.2 Å². The molecule has 3 aromatic rings. The van der Waals surface area contributed by atoms with Crippen molar-refractivity contribution in [3.05, 3.63) is 71.9 Å². The molecule has 0 saturated heterocycles. The Morgan fingerprint density at radius 1 is 1.17 bits per heavy atom. The molecule has 24 heavy (non-hydrogen) atoms. The van der Waals surface area contributed by atoms with E-state index in [0.717, 1.165) is 17.5 Å². The minimum Gasteiger partial charge on any atom is -0.361 e. The number of carbonyl (C=O) groups excluding carboxylic acids is 1. The molecule has 0 spiro atoms. The second kappa shape index (κ2) is 7.88. The van der Waals surface area contributed by atoms with Gasteiger partial charge in [-0.05, 0) is 48.1 Å². The van der Waals surface area contributed by atoms with Crippen LogP contribution in [0.5, 0.6) is 0 Å². The van der Waals surface area contributed by atoms with Crippen molar-refractivity contribution in [3.63, 3.8) is 0 Å². The summed E-state index contributed by atoms with van der Waals surface area (Å²) in [6.45, 7) is 0.621. The molecule has 0 bridgehead atoms. The second-order valence-electron chi connectivity index (χ2n) is 5.51. The molecular formula is C20H20N2OS. The Kier molecular flexibility index (Phi) is 5.39. The summed E-state index contributed by atoms with van der Waals surface area (Å²) < 4.78 is 0. The van der Waals surface area contributed by atoms with E-state index in [0.29, 0.717) is 6.54 Å². The molecule has 122 valence electrons. The number of hydrogen-bond donors (Lipinski definition) is 2. The summed E-state index contributed by atoms with van der Waals surface area (Å²) in [5, 5.41) is 4.15. The number of hydrogen-bond acceptors (Lipinski definition) is 2. The Labute approximate surface area is 146 Å². The average Bonchev–Trinajstić information content (AvgIpc) is 3.04. The third-order valence-corrected chi connectivity index (χ3v) is 4.66. The van der Waals surface area contributed by atoms with Gasteiger partial charge in [0.05, 0.1) is 0 Å². The number of aromatic nitrogens is 1. The molecule has 0 fully saturated rings. The molecule has 3 nitrogen and oxygen atoms in total. The van der Waals surface area contributed by atoms with Crippen LogP contribution in [0.4, 0.5) is 0 Å². The highest BCUT2D eigenvalue weighted by molar-refractivity contribution is 7.98. The number of rotatable bonds is 6. The lowest BCUT2D eigenvalue weighted by molar-refractivity contribution is -0.116. The number of H-pyrrole nitrogens is 1. The lowest BCUT2D eigenvalue weighted by Gasteiger charge is -2.02. The molecule has 1 heterocycles. The van der Waals surface area contributed by atoms with Crippen molar-refractivity contribution in [2.24, 2.45) is 0 Å². The Balaban J connectivity index is 1.51. The van der Waals surface area contributed by atoms with Gasteiger partial charge < -0.3 is 10.3 Å². The fourth-order valence-corrected chi connectivity index (χ4v) is 3.01. The van der Waals surface area contributed by atoms with Gasteiger partial charge in [-0.15, -0.1) is 11.8 Å². The number of thioether (sulfide) groups is 1. The Hall–Kier alpha value is -2.46. The van der Waals surface area contributed by atoms with E-state index < -0.39 is 0 Å². The van der Waals surface area contributed by atoms with Crippen LogP contribution in [-0.4, -0.2) is 23.7 Å². The summed E-state index contributed by atoms with van der Waals surface area (Å²) in [5.41, 5.74) is 3.38. The van der Waals surface area contributed by atoms with Crippen molar-refractivity contribution in [2.75, 3.05) is 12.8 Å². The van der Waals surface area contributed by atoms with E-state index in [1.165, 1.54) is 15.8 Å². The molecule has 1 aromatic heterocycles. The van der Waals surface area contributed by atoms with E-state index in [-0.39, 0.29) is 5.91 Å². The number of benzene rings is 2. The van der Waals surface area contributed by atoms with Crippen molar-refractivity contribution >= 4 is 34.6 Å². The van der Waals surface area contributed by atoms with Gasteiger partial charge in [-0.1, -0.05) is 30.3 Å². The third kappa shape index (κ3) is 4.09. The highest BCUT2D eigenvalue weighted by Crippen LogP contribution is 2.18. The van der Waals surface area contributed by atoms with Crippen molar-refractivity contribution < 1.29 is 4.79 Å². The van der Waals surface area contributed by atoms with E-state index >= 15 is 0 Å². The third-order valence-electron chi connectivity index (χ3n) is 3.91. The average molecular weight is 336 g/mol. The van der Waals surface area contributed by atoms with Gasteiger partial charge in [0, 0.05) is 34.6 Å². The fraction of sp³-hybridized carbons (Fsp3) is 0.150. The van der Waals surface area contributed by atoms with E-state index in [9.17, 15) is 4.79 Å². The first kappa shape index (κ1) is 16.4. The molecule has 0 unspecified atom stereocenters. The first-order chi connectivity index (χ1) is 11.8. The molecule has 0 aliphatic carbocycles. The van der Waals surface area contributed by atoms with Gasteiger partial charge in [-0.2, -0.15) is 0 Å². The van der Waals surface area contributed by atoms with Gasteiger partial charge in [-0.25, -0.2) is 0 Å². The number of aromatic amines is 1. The van der Waals surface area contributed by atoms with Crippen LogP contribution < -0.4 is 5.32 Å². The molecule has 2 N–H and O–H groups in total. The van der Waals surface area contributed by atoms with Crippen LogP contribution in [0.2, 0.25) is 0 Å². The number of para-hydroxylation sites is 1. The lowest BCUT2D eigenvalue weighted by atomic mass is 10.1. The molecule has 1 amide bonds. The maximum Gasteiger partial charge on any atom is 0.244 e. The zero-order valence-corrected chi connectivity index (χ0v) is 14.4. The zero-order valence-electron chi connectivity index (χ0n) is 13.6. The lowest BCUT2D eigenvalue weighted by Crippen LogP contribution is -2.23. The maximum atomic E-state index is 11.9. The van der Waals surface area contributed by atoms with Crippen LogP contribution in [0.15, 0.2) is 65.7 Å². The van der Waals surface area contributed by atoms with Crippen molar-refractivity contribution in [1.82, 2.24) is 10.3 Å². The second-order valence-corrected chi connectivity index (χ2v) is 6.39. The van der Waals surface area contributed by atoms with Crippen LogP contribution in [0.3, 0.4) is 0 Å². The molecule has 3 rings (SSSR count). The highest BCUT2D eigenvalue weighted by atomic mass is 32.2. The van der Waals surface area contributed by atoms with Crippen LogP contribution >= 0.6 is 11.8 Å². The quantitative estimate of drug-likeness (QED) is 0.522. The molecule has 2 aromatic carbocycles. The zero-order chi connectivity index (χ0) is 16.8. The molecule has 0 atom stereocenters. The Morgan fingerprint density at radius 3 is 2.75 bits per heavy atom. The minimum atomic E-state index is -0.0659. The Morgan fingerprint density at radius 2 is 1.96 bits per heavy atom. The van der Waals surface area contributed by atoms with E-state index in [2.05, 4.69) is 34.6 Å². The number of carbonyl (C=O) groups is 1. The van der Waals surface area contributed by atoms with E-state index in [4.69, 9.17) is 0 Å². The molecular weight excluding hydrogens is 316 g/mol. The van der Waals surface area contributed by atoms with Gasteiger partial charge >= 0.3 is 0 Å². The molecule has 0 aliphatic heterocycles. The molecule has 0 radical (unpaired) electrons. The van der Waals surface area contributed by atoms with Crippen molar-refractivity contribution in [1.29, 1.82) is 0 Å². The van der Waals surface area contributed by atoms with Crippen molar-refractivity contribution in [3.8, 4) is 0 Å². The highest BCUT2D eigenvalue weighted by Gasteiger charge is 2.03. The van der Waals surface area contributed by atoms with Gasteiger partial charge in [0.25, 0.3) is 0 Å². The first-order valence-electron chi connectivity index (χ1n) is 7.91. The minimum absolute atomic E-state index is 0.0659. The SMILES string of the molecule is CSc1ccc(/C=C/C(=O)NCCc2c[nH]c3ccccc23)cc1. The van der Waals surface area contributed by atoms with E-state index in [1.807, 2.05) is 42.8 Å². The summed E-state index contributed by atoms with van der Waals surface area (Å²) in [5.74, 6) is -0.0659. The molecule has 4 heteroatoms. The van der Waals surface area contributed by atoms with E-state index in [1.54, 1.807) is 17.8 Å². The topological polar surface area (TPSA) is 44.9 Å². The van der Waals surface area contributed by atoms with Crippen LogP contribution in [0, 0.1) is 0 Å². The first-order valence-corrected chi connectivity index (χ1v) is 9.14. The summed E-state index contributed by atoms with van der Waals surface area (Å²) in [4.78, 5) is 16.4. The standard InChI is InChI=1S/C20H20N2OS/c1-24-17-9-6-15(7-10-17)8-11-20(23)21-13-12-16-14-22-19-5-3-2-4-18(16)19/h2-11,14,22H,12-13H2,1H3,(H,21,23)/b11-8+.